The number of nitrogens with zero attached hydrogens (tertiary/aromatic N) is 1. The zero-order valence-corrected chi connectivity index (χ0v) is 19.1. The highest BCUT2D eigenvalue weighted by atomic mass is 19.4. The molecule has 1 aliphatic rings. The van der Waals surface area contributed by atoms with E-state index in [0.29, 0.717) is 16.7 Å². The maximum atomic E-state index is 12.6. The Morgan fingerprint density at radius 2 is 1.78 bits per heavy atom. The van der Waals surface area contributed by atoms with Gasteiger partial charge in [0.15, 0.2) is 11.8 Å². The molecule has 2 atom stereocenters. The van der Waals surface area contributed by atoms with Gasteiger partial charge in [-0.2, -0.15) is 0 Å². The number of rotatable bonds is 7. The Kier molecular flexibility index (Phi) is 7.66. The number of urea groups is 1. The van der Waals surface area contributed by atoms with Crippen molar-refractivity contribution in [3.63, 3.8) is 0 Å². The second-order valence-corrected chi connectivity index (χ2v) is 8.02. The number of amides is 3. The zero-order chi connectivity index (χ0) is 26.6. The molecule has 1 aliphatic heterocycles. The number of ketones is 1. The van der Waals surface area contributed by atoms with Crippen LogP contribution in [0.5, 0.6) is 5.75 Å². The van der Waals surface area contributed by atoms with Gasteiger partial charge in [-0.1, -0.05) is 30.3 Å². The van der Waals surface area contributed by atoms with Gasteiger partial charge in [-0.05, 0) is 41.8 Å². The number of carbonyl (C=O) groups is 4. The number of carboxylic acids is 1. The minimum atomic E-state index is -4.82. The third-order valence-electron chi connectivity index (χ3n) is 5.30. The van der Waals surface area contributed by atoms with Crippen molar-refractivity contribution in [3.8, 4) is 16.9 Å². The lowest BCUT2D eigenvalue weighted by Crippen LogP contribution is -2.56. The van der Waals surface area contributed by atoms with E-state index >= 15 is 0 Å². The fraction of sp³-hybridized carbons (Fsp3) is 0.250. The van der Waals surface area contributed by atoms with E-state index in [2.05, 4.69) is 15.4 Å². The van der Waals surface area contributed by atoms with Gasteiger partial charge in [0, 0.05) is 18.8 Å². The summed E-state index contributed by atoms with van der Waals surface area (Å²) in [6.45, 7) is 1.50. The van der Waals surface area contributed by atoms with E-state index in [4.69, 9.17) is 0 Å². The van der Waals surface area contributed by atoms with Crippen molar-refractivity contribution in [1.82, 2.24) is 15.5 Å². The molecule has 190 valence electrons. The number of halogens is 3. The lowest BCUT2D eigenvalue weighted by molar-refractivity contribution is -0.274. The quantitative estimate of drug-likeness (QED) is 0.496. The smallest absolute Gasteiger partial charge is 0.481 e. The predicted molar refractivity (Wildman–Crippen MR) is 121 cm³/mol. The van der Waals surface area contributed by atoms with Crippen LogP contribution in [-0.2, 0) is 14.4 Å². The van der Waals surface area contributed by atoms with Gasteiger partial charge in [-0.15, -0.1) is 13.2 Å². The molecule has 0 radical (unpaired) electrons. The number of alkyl halides is 3. The van der Waals surface area contributed by atoms with Gasteiger partial charge in [0.25, 0.3) is 5.91 Å². The molecular formula is C24H22F3N3O6. The molecule has 36 heavy (non-hydrogen) atoms. The summed E-state index contributed by atoms with van der Waals surface area (Å²) in [6, 6.07) is 8.06. The monoisotopic (exact) mass is 505 g/mol. The summed E-state index contributed by atoms with van der Waals surface area (Å²) in [4.78, 5) is 49.9. The lowest BCUT2D eigenvalue weighted by atomic mass is 9.97. The first-order valence-corrected chi connectivity index (χ1v) is 10.6. The van der Waals surface area contributed by atoms with E-state index in [-0.39, 0.29) is 5.57 Å². The summed E-state index contributed by atoms with van der Waals surface area (Å²) in [6.07, 6.45) is -3.99. The Hall–Kier alpha value is -4.35. The normalized spacial score (nSPS) is 16.8. The molecule has 0 bridgehead atoms. The van der Waals surface area contributed by atoms with Gasteiger partial charge in [0.05, 0.1) is 12.5 Å². The number of likely N-dealkylation sites (N-methyl/N-ethyl adjacent to an activating group) is 1. The average Bonchev–Trinajstić information content (AvgIpc) is 2.79. The first-order chi connectivity index (χ1) is 16.8. The van der Waals surface area contributed by atoms with Crippen LogP contribution >= 0.6 is 0 Å². The summed E-state index contributed by atoms with van der Waals surface area (Å²) in [5.41, 5.74) is 1.72. The molecule has 0 saturated heterocycles. The molecule has 1 unspecified atom stereocenters. The first kappa shape index (κ1) is 26.3. The zero-order valence-electron chi connectivity index (χ0n) is 19.1. The Bertz CT molecular complexity index is 1210. The fourth-order valence-corrected chi connectivity index (χ4v) is 3.63. The van der Waals surface area contributed by atoms with E-state index < -0.39 is 54.3 Å². The number of aliphatic carboxylic acids is 1. The van der Waals surface area contributed by atoms with Gasteiger partial charge in [0.2, 0.25) is 0 Å². The Balaban J connectivity index is 1.79. The third kappa shape index (κ3) is 6.62. The van der Waals surface area contributed by atoms with Crippen molar-refractivity contribution in [2.75, 3.05) is 7.05 Å². The molecule has 1 heterocycles. The van der Waals surface area contributed by atoms with Crippen LogP contribution in [0.15, 0.2) is 60.3 Å². The van der Waals surface area contributed by atoms with E-state index in [1.165, 1.54) is 37.2 Å². The van der Waals surface area contributed by atoms with Gasteiger partial charge >= 0.3 is 18.4 Å². The van der Waals surface area contributed by atoms with Crippen LogP contribution in [0, 0.1) is 0 Å². The highest BCUT2D eigenvalue weighted by Crippen LogP contribution is 2.28. The first-order valence-electron chi connectivity index (χ1n) is 10.6. The number of Topliss-reactive ketones (excluding diaryl/α,β-unsaturated/α-hetero) is 1. The largest absolute Gasteiger partial charge is 0.573 e. The number of carbonyl (C=O) groups excluding carboxylic acids is 3. The number of ether oxygens (including phenoxy) is 1. The predicted octanol–water partition coefficient (Wildman–Crippen LogP) is 3.38. The van der Waals surface area contributed by atoms with Gasteiger partial charge < -0.3 is 25.4 Å². The maximum absolute atomic E-state index is 12.6. The molecular weight excluding hydrogens is 483 g/mol. The van der Waals surface area contributed by atoms with Crippen molar-refractivity contribution in [1.29, 1.82) is 0 Å². The van der Waals surface area contributed by atoms with Crippen molar-refractivity contribution >= 4 is 23.7 Å². The minimum Gasteiger partial charge on any atom is -0.481 e. The van der Waals surface area contributed by atoms with Gasteiger partial charge in [-0.3, -0.25) is 14.4 Å². The summed E-state index contributed by atoms with van der Waals surface area (Å²) in [7, 11) is 1.44. The third-order valence-corrected chi connectivity index (χ3v) is 5.30. The Labute approximate surface area is 203 Å². The van der Waals surface area contributed by atoms with Crippen LogP contribution in [0.2, 0.25) is 0 Å². The molecule has 0 aromatic heterocycles. The molecule has 2 aromatic rings. The Morgan fingerprint density at radius 3 is 2.39 bits per heavy atom. The molecule has 12 heteroatoms. The molecule has 2 aromatic carbocycles. The summed E-state index contributed by atoms with van der Waals surface area (Å²) >= 11 is 0. The summed E-state index contributed by atoms with van der Waals surface area (Å²) in [5, 5.41) is 14.1. The van der Waals surface area contributed by atoms with Crippen molar-refractivity contribution in [3.05, 3.63) is 65.9 Å². The molecule has 0 aliphatic carbocycles. The van der Waals surface area contributed by atoms with E-state index in [9.17, 15) is 37.5 Å². The van der Waals surface area contributed by atoms with Crippen LogP contribution in [0.3, 0.4) is 0 Å². The van der Waals surface area contributed by atoms with Gasteiger partial charge in [0.1, 0.15) is 5.75 Å². The van der Waals surface area contributed by atoms with Gasteiger partial charge in [-0.25, -0.2) is 4.79 Å². The highest BCUT2D eigenvalue weighted by Gasteiger charge is 2.35. The van der Waals surface area contributed by atoms with Crippen molar-refractivity contribution < 1.29 is 42.2 Å². The van der Waals surface area contributed by atoms with Crippen LogP contribution < -0.4 is 15.4 Å². The second kappa shape index (κ2) is 10.5. The van der Waals surface area contributed by atoms with Crippen LogP contribution in [-0.4, -0.2) is 53.1 Å². The van der Waals surface area contributed by atoms with E-state index in [1.807, 2.05) is 0 Å². The van der Waals surface area contributed by atoms with Crippen molar-refractivity contribution in [2.24, 2.45) is 0 Å². The molecule has 9 nitrogen and oxygen atoms in total. The van der Waals surface area contributed by atoms with E-state index in [0.717, 1.165) is 12.1 Å². The number of benzene rings is 2. The molecule has 3 N–H and O–H groups in total. The number of carboxylic acid groups (broad SMARTS) is 1. The highest BCUT2D eigenvalue weighted by molar-refractivity contribution is 6.16. The van der Waals surface area contributed by atoms with Crippen LogP contribution in [0.1, 0.15) is 24.9 Å². The summed E-state index contributed by atoms with van der Waals surface area (Å²) in [5.74, 6) is -2.84. The maximum Gasteiger partial charge on any atom is 0.573 e. The van der Waals surface area contributed by atoms with Crippen molar-refractivity contribution in [2.45, 2.75) is 31.8 Å². The fourth-order valence-electron chi connectivity index (χ4n) is 3.63. The van der Waals surface area contributed by atoms with E-state index in [1.54, 1.807) is 24.3 Å². The number of hydrogen-bond acceptors (Lipinski definition) is 5. The minimum absolute atomic E-state index is 0.267. The molecule has 0 fully saturated rings. The molecule has 0 spiro atoms. The second-order valence-electron chi connectivity index (χ2n) is 8.02. The molecule has 3 rings (SSSR count). The molecule has 3 amide bonds. The van der Waals surface area contributed by atoms with Crippen LogP contribution in [0.4, 0.5) is 18.0 Å². The SMILES string of the molecule is CC1=CN(C)C(=O)C(NC(=O)N[C@@H](CC(=O)O)c2cccc(-c3ccc(OC(F)(F)F)cc3)c2)C1=O. The Morgan fingerprint density at radius 1 is 1.11 bits per heavy atom. The number of nitrogens with one attached hydrogen (secondary N) is 2. The molecule has 0 saturated carbocycles. The topological polar surface area (TPSA) is 125 Å². The standard InChI is InChI=1S/C24H22F3N3O6/c1-13-12-30(2)22(34)20(21(13)33)29-23(35)28-18(11-19(31)32)16-5-3-4-15(10-16)14-6-8-17(9-7-14)36-24(25,26)27/h3-10,12,18,20H,11H2,1-2H3,(H,31,32)(H2,28,29,35)/t18-,20?/m0/s1. The summed E-state index contributed by atoms with van der Waals surface area (Å²) < 4.78 is 41.0. The number of hydrogen-bond donors (Lipinski definition) is 3. The van der Waals surface area contributed by atoms with Crippen LogP contribution in [0.25, 0.3) is 11.1 Å². The average molecular weight is 505 g/mol. The lowest BCUT2D eigenvalue weighted by Gasteiger charge is -2.27.